The zero-order valence-electron chi connectivity index (χ0n) is 9.89. The minimum absolute atomic E-state index is 0.371. The maximum absolute atomic E-state index is 10.9. The molecule has 2 rings (SSSR count). The molecule has 0 unspecified atom stereocenters. The van der Waals surface area contributed by atoms with E-state index in [4.69, 9.17) is 10.9 Å². The van der Waals surface area contributed by atoms with E-state index in [0.717, 1.165) is 11.0 Å². The average Bonchev–Trinajstić information content (AvgIpc) is 2.36. The summed E-state index contributed by atoms with van der Waals surface area (Å²) in [5.41, 5.74) is 7.76. The van der Waals surface area contributed by atoms with E-state index in [1.54, 1.807) is 24.3 Å². The monoisotopic (exact) mass is 276 g/mol. The number of primary sulfonamides is 1. The molecule has 1 aromatic carbocycles. The molecule has 98 valence electrons. The van der Waals surface area contributed by atoms with E-state index in [1.165, 1.54) is 12.4 Å². The largest absolute Gasteiger partial charge is 0.384 e. The van der Waals surface area contributed by atoms with Crippen LogP contribution in [-0.2, 0) is 10.0 Å². The number of nitrogens with two attached hydrogens (primary N) is 2. The number of hydrogen-bond acceptors (Lipinski definition) is 5. The molecule has 0 aliphatic rings. The molecule has 0 atom stereocenters. The van der Waals surface area contributed by atoms with Gasteiger partial charge in [0.2, 0.25) is 10.0 Å². The first-order valence-corrected chi connectivity index (χ1v) is 6.94. The van der Waals surface area contributed by atoms with Gasteiger partial charge in [0.05, 0.1) is 5.69 Å². The van der Waals surface area contributed by atoms with Gasteiger partial charge in [0.15, 0.2) is 0 Å². The van der Waals surface area contributed by atoms with Gasteiger partial charge in [-0.2, -0.15) is 0 Å². The molecule has 0 amide bonds. The van der Waals surface area contributed by atoms with Crippen LogP contribution in [0.5, 0.6) is 0 Å². The van der Waals surface area contributed by atoms with Crippen molar-refractivity contribution in [3.8, 4) is 11.3 Å². The summed E-state index contributed by atoms with van der Waals surface area (Å²) in [6.07, 6.45) is 2.79. The number of benzene rings is 1. The third-order valence-electron chi connectivity index (χ3n) is 2.32. The highest BCUT2D eigenvalue weighted by molar-refractivity contribution is 7.92. The molecule has 0 spiro atoms. The van der Waals surface area contributed by atoms with E-state index in [0.29, 0.717) is 17.1 Å². The van der Waals surface area contributed by atoms with Crippen LogP contribution in [0.2, 0.25) is 0 Å². The van der Waals surface area contributed by atoms with Crippen molar-refractivity contribution in [2.75, 3.05) is 5.73 Å². The Kier molecular flexibility index (Phi) is 3.59. The third kappa shape index (κ3) is 3.87. The highest BCUT2D eigenvalue weighted by Gasteiger charge is 2.01. The van der Waals surface area contributed by atoms with Crippen LogP contribution in [0.1, 0.15) is 5.56 Å². The van der Waals surface area contributed by atoms with Crippen LogP contribution in [0.25, 0.3) is 17.3 Å². The predicted octanol–water partition coefficient (Wildman–Crippen LogP) is 0.985. The number of anilines is 1. The Hall–Kier alpha value is -2.25. The Morgan fingerprint density at radius 1 is 1.16 bits per heavy atom. The third-order valence-corrected chi connectivity index (χ3v) is 2.84. The van der Waals surface area contributed by atoms with Crippen LogP contribution in [-0.4, -0.2) is 18.4 Å². The summed E-state index contributed by atoms with van der Waals surface area (Å²) in [6.45, 7) is 0. The van der Waals surface area contributed by atoms with Crippen molar-refractivity contribution in [2.24, 2.45) is 5.14 Å². The highest BCUT2D eigenvalue weighted by Crippen LogP contribution is 2.19. The summed E-state index contributed by atoms with van der Waals surface area (Å²) in [4.78, 5) is 7.91. The molecular weight excluding hydrogens is 264 g/mol. The van der Waals surface area contributed by atoms with Gasteiger partial charge in [-0.3, -0.25) is 0 Å². The van der Waals surface area contributed by atoms with E-state index < -0.39 is 10.0 Å². The van der Waals surface area contributed by atoms with Crippen LogP contribution < -0.4 is 10.9 Å². The molecular formula is C12H12N4O2S. The van der Waals surface area contributed by atoms with Crippen molar-refractivity contribution in [1.29, 1.82) is 0 Å². The van der Waals surface area contributed by atoms with Gasteiger partial charge in [0.25, 0.3) is 0 Å². The molecule has 0 radical (unpaired) electrons. The van der Waals surface area contributed by atoms with Crippen molar-refractivity contribution >= 4 is 21.9 Å². The van der Waals surface area contributed by atoms with Gasteiger partial charge in [0, 0.05) is 17.0 Å². The van der Waals surface area contributed by atoms with Gasteiger partial charge in [-0.05, 0) is 17.7 Å². The van der Waals surface area contributed by atoms with Crippen molar-refractivity contribution in [2.45, 2.75) is 0 Å². The summed E-state index contributed by atoms with van der Waals surface area (Å²) in [7, 11) is -3.63. The lowest BCUT2D eigenvalue weighted by molar-refractivity contribution is 0.606. The van der Waals surface area contributed by atoms with Crippen molar-refractivity contribution in [3.05, 3.63) is 47.6 Å². The fourth-order valence-electron chi connectivity index (χ4n) is 1.51. The fraction of sp³-hybridized carbons (Fsp3) is 0. The van der Waals surface area contributed by atoms with Gasteiger partial charge >= 0.3 is 0 Å². The Balaban J connectivity index is 2.37. The molecule has 0 saturated heterocycles. The number of rotatable bonds is 3. The van der Waals surface area contributed by atoms with E-state index >= 15 is 0 Å². The van der Waals surface area contributed by atoms with Gasteiger partial charge in [-0.25, -0.2) is 23.5 Å². The van der Waals surface area contributed by atoms with E-state index in [1.807, 2.05) is 6.07 Å². The maximum atomic E-state index is 10.9. The molecule has 0 fully saturated rings. The maximum Gasteiger partial charge on any atom is 0.231 e. The SMILES string of the molecule is Nc1cc(-c2cccc(/C=C/S(N)(=O)=O)c2)ncn1. The number of nitrogen functional groups attached to an aromatic ring is 1. The van der Waals surface area contributed by atoms with E-state index in [-0.39, 0.29) is 0 Å². The van der Waals surface area contributed by atoms with Gasteiger partial charge in [-0.15, -0.1) is 0 Å². The second kappa shape index (κ2) is 5.17. The van der Waals surface area contributed by atoms with Gasteiger partial charge < -0.3 is 5.73 Å². The smallest absolute Gasteiger partial charge is 0.231 e. The molecule has 4 N–H and O–H groups in total. The van der Waals surface area contributed by atoms with Crippen LogP contribution >= 0.6 is 0 Å². The topological polar surface area (TPSA) is 112 Å². The van der Waals surface area contributed by atoms with Crippen LogP contribution in [0.4, 0.5) is 5.82 Å². The number of aromatic nitrogens is 2. The normalized spacial score (nSPS) is 11.8. The Morgan fingerprint density at radius 2 is 1.95 bits per heavy atom. The van der Waals surface area contributed by atoms with E-state index in [9.17, 15) is 8.42 Å². The molecule has 2 aromatic rings. The second-order valence-electron chi connectivity index (χ2n) is 3.85. The lowest BCUT2D eigenvalue weighted by Gasteiger charge is -2.02. The quantitative estimate of drug-likeness (QED) is 0.868. The van der Waals surface area contributed by atoms with Crippen LogP contribution in [0.15, 0.2) is 42.1 Å². The number of sulfonamides is 1. The number of nitrogens with zero attached hydrogens (tertiary/aromatic N) is 2. The van der Waals surface area contributed by atoms with Crippen molar-refractivity contribution in [1.82, 2.24) is 9.97 Å². The molecule has 1 heterocycles. The minimum Gasteiger partial charge on any atom is -0.384 e. The summed E-state index contributed by atoms with van der Waals surface area (Å²) < 4.78 is 21.7. The molecule has 19 heavy (non-hydrogen) atoms. The Morgan fingerprint density at radius 3 is 2.63 bits per heavy atom. The molecule has 0 saturated carbocycles. The molecule has 0 aliphatic carbocycles. The van der Waals surface area contributed by atoms with Gasteiger partial charge in [0.1, 0.15) is 12.1 Å². The summed E-state index contributed by atoms with van der Waals surface area (Å²) in [5, 5.41) is 5.85. The van der Waals surface area contributed by atoms with Crippen molar-refractivity contribution in [3.63, 3.8) is 0 Å². The Bertz CT molecular complexity index is 726. The summed E-state index contributed by atoms with van der Waals surface area (Å²) >= 11 is 0. The number of hydrogen-bond donors (Lipinski definition) is 2. The Labute approximate surface area is 110 Å². The lowest BCUT2D eigenvalue weighted by atomic mass is 10.1. The predicted molar refractivity (Wildman–Crippen MR) is 74.0 cm³/mol. The molecule has 1 aromatic heterocycles. The minimum atomic E-state index is -3.63. The zero-order valence-corrected chi connectivity index (χ0v) is 10.7. The second-order valence-corrected chi connectivity index (χ2v) is 5.30. The average molecular weight is 276 g/mol. The van der Waals surface area contributed by atoms with Crippen LogP contribution in [0.3, 0.4) is 0 Å². The standard InChI is InChI=1S/C12H12N4O2S/c13-12-7-11(15-8-16-12)10-3-1-2-9(6-10)4-5-19(14,17)18/h1-8H,(H2,13,15,16)(H2,14,17,18)/b5-4+. The van der Waals surface area contributed by atoms with Gasteiger partial charge in [-0.1, -0.05) is 18.2 Å². The summed E-state index contributed by atoms with van der Waals surface area (Å²) in [5.74, 6) is 0.371. The molecule has 7 heteroatoms. The molecule has 0 bridgehead atoms. The summed E-state index contributed by atoms with van der Waals surface area (Å²) in [6, 6.07) is 8.81. The first-order chi connectivity index (χ1) is 8.94. The van der Waals surface area contributed by atoms with E-state index in [2.05, 4.69) is 9.97 Å². The molecule has 0 aliphatic heterocycles. The van der Waals surface area contributed by atoms with Crippen molar-refractivity contribution < 1.29 is 8.42 Å². The first kappa shape index (κ1) is 13.2. The lowest BCUT2D eigenvalue weighted by Crippen LogP contribution is -2.06. The molecule has 6 nitrogen and oxygen atoms in total. The van der Waals surface area contributed by atoms with Crippen LogP contribution in [0, 0.1) is 0 Å². The first-order valence-electron chi connectivity index (χ1n) is 5.33. The zero-order chi connectivity index (χ0) is 13.9. The highest BCUT2D eigenvalue weighted by atomic mass is 32.2. The fourth-order valence-corrected chi connectivity index (χ4v) is 1.85.